The molecule has 92 valence electrons. The van der Waals surface area contributed by atoms with Crippen molar-refractivity contribution in [2.75, 3.05) is 0 Å². The Morgan fingerprint density at radius 3 is 2.39 bits per heavy atom. The predicted octanol–water partition coefficient (Wildman–Crippen LogP) is 4.31. The second-order valence-corrected chi connectivity index (χ2v) is 4.26. The summed E-state index contributed by atoms with van der Waals surface area (Å²) in [7, 11) is 0. The highest BCUT2D eigenvalue weighted by molar-refractivity contribution is 9.08. The van der Waals surface area contributed by atoms with Crippen LogP contribution >= 0.6 is 15.9 Å². The number of halogens is 1. The average molecular weight is 307 g/mol. The standard InChI is InChI=1S/C14H11BrO3/c15-9-10-5-7-11(8-6-10)12-3-1-2-4-13(12)18-14(16)17/h1-8H,9H2,(H,16,17). The number of rotatable bonds is 3. The third-order valence-electron chi connectivity index (χ3n) is 2.50. The van der Waals surface area contributed by atoms with Gasteiger partial charge in [-0.05, 0) is 17.2 Å². The number of para-hydroxylation sites is 1. The Kier molecular flexibility index (Phi) is 3.99. The first kappa shape index (κ1) is 12.6. The Labute approximate surface area is 113 Å². The van der Waals surface area contributed by atoms with E-state index < -0.39 is 6.16 Å². The maximum atomic E-state index is 10.6. The minimum absolute atomic E-state index is 0.344. The topological polar surface area (TPSA) is 46.5 Å². The van der Waals surface area contributed by atoms with Gasteiger partial charge in [0.2, 0.25) is 0 Å². The highest BCUT2D eigenvalue weighted by Gasteiger charge is 2.08. The summed E-state index contributed by atoms with van der Waals surface area (Å²) in [4.78, 5) is 10.6. The molecule has 18 heavy (non-hydrogen) atoms. The summed E-state index contributed by atoms with van der Waals surface area (Å²) in [5, 5.41) is 9.48. The van der Waals surface area contributed by atoms with Gasteiger partial charge in [0.1, 0.15) is 5.75 Å². The van der Waals surface area contributed by atoms with Gasteiger partial charge in [-0.25, -0.2) is 4.79 Å². The molecule has 1 N–H and O–H groups in total. The second kappa shape index (κ2) is 5.69. The SMILES string of the molecule is O=C(O)Oc1ccccc1-c1ccc(CBr)cc1. The molecule has 0 aliphatic carbocycles. The molecule has 3 nitrogen and oxygen atoms in total. The molecule has 2 aromatic carbocycles. The van der Waals surface area contributed by atoms with Crippen molar-refractivity contribution in [3.63, 3.8) is 0 Å². The predicted molar refractivity (Wildman–Crippen MR) is 73.2 cm³/mol. The largest absolute Gasteiger partial charge is 0.511 e. The maximum absolute atomic E-state index is 10.6. The summed E-state index contributed by atoms with van der Waals surface area (Å²) in [6.07, 6.45) is -1.31. The van der Waals surface area contributed by atoms with E-state index in [0.29, 0.717) is 5.75 Å². The monoisotopic (exact) mass is 306 g/mol. The van der Waals surface area contributed by atoms with Crippen molar-refractivity contribution in [3.05, 3.63) is 54.1 Å². The quantitative estimate of drug-likeness (QED) is 0.522. The van der Waals surface area contributed by atoms with Crippen LogP contribution in [0.5, 0.6) is 5.75 Å². The van der Waals surface area contributed by atoms with Gasteiger partial charge >= 0.3 is 6.16 Å². The van der Waals surface area contributed by atoms with Gasteiger partial charge in [0.25, 0.3) is 0 Å². The van der Waals surface area contributed by atoms with Crippen LogP contribution < -0.4 is 4.74 Å². The lowest BCUT2D eigenvalue weighted by Crippen LogP contribution is -2.03. The molecule has 0 aliphatic rings. The Bertz CT molecular complexity index is 549. The molecule has 2 rings (SSSR count). The molecule has 0 fully saturated rings. The van der Waals surface area contributed by atoms with Crippen LogP contribution in [-0.2, 0) is 5.33 Å². The number of benzene rings is 2. The van der Waals surface area contributed by atoms with Gasteiger partial charge in [-0.3, -0.25) is 0 Å². The fourth-order valence-electron chi connectivity index (χ4n) is 1.66. The second-order valence-electron chi connectivity index (χ2n) is 3.69. The van der Waals surface area contributed by atoms with Crippen LogP contribution in [0.25, 0.3) is 11.1 Å². The first-order valence-corrected chi connectivity index (χ1v) is 6.48. The summed E-state index contributed by atoms with van der Waals surface area (Å²) >= 11 is 3.38. The van der Waals surface area contributed by atoms with Gasteiger partial charge in [0, 0.05) is 10.9 Å². The van der Waals surface area contributed by atoms with Crippen LogP contribution in [0.15, 0.2) is 48.5 Å². The Morgan fingerprint density at radius 1 is 1.11 bits per heavy atom. The molecular formula is C14H11BrO3. The van der Waals surface area contributed by atoms with Gasteiger partial charge in [0.05, 0.1) is 0 Å². The molecule has 0 spiro atoms. The van der Waals surface area contributed by atoms with E-state index >= 15 is 0 Å². The van der Waals surface area contributed by atoms with Gasteiger partial charge in [-0.2, -0.15) is 0 Å². The minimum atomic E-state index is -1.31. The lowest BCUT2D eigenvalue weighted by molar-refractivity contribution is 0.144. The molecule has 0 atom stereocenters. The fourth-order valence-corrected chi connectivity index (χ4v) is 2.04. The molecule has 2 aromatic rings. The number of hydrogen-bond donors (Lipinski definition) is 1. The van der Waals surface area contributed by atoms with Crippen molar-refractivity contribution in [2.45, 2.75) is 5.33 Å². The first-order chi connectivity index (χ1) is 8.70. The van der Waals surface area contributed by atoms with Crippen molar-refractivity contribution in [3.8, 4) is 16.9 Å². The van der Waals surface area contributed by atoms with E-state index in [1.807, 2.05) is 36.4 Å². The van der Waals surface area contributed by atoms with Crippen LogP contribution in [0.4, 0.5) is 4.79 Å². The Hall–Kier alpha value is -1.81. The van der Waals surface area contributed by atoms with Crippen molar-refractivity contribution < 1.29 is 14.6 Å². The lowest BCUT2D eigenvalue weighted by Gasteiger charge is -2.08. The van der Waals surface area contributed by atoms with Crippen LogP contribution in [0, 0.1) is 0 Å². The summed E-state index contributed by atoms with van der Waals surface area (Å²) in [6, 6.07) is 14.9. The zero-order chi connectivity index (χ0) is 13.0. The molecule has 0 radical (unpaired) electrons. The minimum Gasteiger partial charge on any atom is -0.449 e. The summed E-state index contributed by atoms with van der Waals surface area (Å²) in [6.45, 7) is 0. The smallest absolute Gasteiger partial charge is 0.449 e. The highest BCUT2D eigenvalue weighted by Crippen LogP contribution is 2.30. The number of alkyl halides is 1. The van der Waals surface area contributed by atoms with Crippen molar-refractivity contribution in [1.29, 1.82) is 0 Å². The van der Waals surface area contributed by atoms with E-state index in [0.717, 1.165) is 22.0 Å². The van der Waals surface area contributed by atoms with E-state index in [4.69, 9.17) is 9.84 Å². The molecule has 0 unspecified atom stereocenters. The number of hydrogen-bond acceptors (Lipinski definition) is 2. The zero-order valence-electron chi connectivity index (χ0n) is 9.47. The Morgan fingerprint density at radius 2 is 1.78 bits per heavy atom. The van der Waals surface area contributed by atoms with Crippen LogP contribution in [-0.4, -0.2) is 11.3 Å². The molecule has 0 amide bonds. The van der Waals surface area contributed by atoms with E-state index in [-0.39, 0.29) is 0 Å². The summed E-state index contributed by atoms with van der Waals surface area (Å²) in [5.74, 6) is 0.344. The molecule has 0 aromatic heterocycles. The first-order valence-electron chi connectivity index (χ1n) is 5.36. The summed E-state index contributed by atoms with van der Waals surface area (Å²) < 4.78 is 4.76. The maximum Gasteiger partial charge on any atom is 0.511 e. The molecule has 0 saturated carbocycles. The van der Waals surface area contributed by atoms with Crippen LogP contribution in [0.1, 0.15) is 5.56 Å². The highest BCUT2D eigenvalue weighted by atomic mass is 79.9. The molecule has 4 heteroatoms. The Balaban J connectivity index is 2.39. The normalized spacial score (nSPS) is 10.1. The van der Waals surface area contributed by atoms with Crippen molar-refractivity contribution >= 4 is 22.1 Å². The third kappa shape index (κ3) is 2.90. The van der Waals surface area contributed by atoms with Crippen LogP contribution in [0.3, 0.4) is 0 Å². The number of carboxylic acid groups (broad SMARTS) is 1. The molecule has 0 saturated heterocycles. The molecule has 0 heterocycles. The van der Waals surface area contributed by atoms with Gasteiger partial charge < -0.3 is 9.84 Å². The fraction of sp³-hybridized carbons (Fsp3) is 0.0714. The van der Waals surface area contributed by atoms with Gasteiger partial charge in [0.15, 0.2) is 0 Å². The molecule has 0 aliphatic heterocycles. The van der Waals surface area contributed by atoms with E-state index in [1.165, 1.54) is 0 Å². The third-order valence-corrected chi connectivity index (χ3v) is 3.15. The molecular weight excluding hydrogens is 296 g/mol. The van der Waals surface area contributed by atoms with Gasteiger partial charge in [-0.1, -0.05) is 58.4 Å². The van der Waals surface area contributed by atoms with Gasteiger partial charge in [-0.15, -0.1) is 0 Å². The van der Waals surface area contributed by atoms with E-state index in [9.17, 15) is 4.79 Å². The average Bonchev–Trinajstić information content (AvgIpc) is 2.39. The zero-order valence-corrected chi connectivity index (χ0v) is 11.1. The number of carbonyl (C=O) groups is 1. The van der Waals surface area contributed by atoms with Crippen molar-refractivity contribution in [2.24, 2.45) is 0 Å². The number of ether oxygens (including phenoxy) is 1. The van der Waals surface area contributed by atoms with Crippen molar-refractivity contribution in [1.82, 2.24) is 0 Å². The summed E-state index contributed by atoms with van der Waals surface area (Å²) in [5.41, 5.74) is 2.85. The van der Waals surface area contributed by atoms with E-state index in [2.05, 4.69) is 15.9 Å². The van der Waals surface area contributed by atoms with Crippen LogP contribution in [0.2, 0.25) is 0 Å². The molecule has 0 bridgehead atoms. The lowest BCUT2D eigenvalue weighted by atomic mass is 10.0. The van der Waals surface area contributed by atoms with E-state index in [1.54, 1.807) is 12.1 Å².